The Bertz CT molecular complexity index is 402. The summed E-state index contributed by atoms with van der Waals surface area (Å²) >= 11 is 0. The van der Waals surface area contributed by atoms with Crippen LogP contribution in [0.15, 0.2) is 24.3 Å². The molecule has 1 aromatic rings. The zero-order valence-corrected chi connectivity index (χ0v) is 13.6. The van der Waals surface area contributed by atoms with Crippen molar-refractivity contribution in [3.8, 4) is 5.75 Å². The molecule has 0 aliphatic carbocycles. The molecule has 1 aromatic carbocycles. The third kappa shape index (κ3) is 5.68. The van der Waals surface area contributed by atoms with E-state index in [0.29, 0.717) is 18.8 Å². The van der Waals surface area contributed by atoms with Crippen LogP contribution < -0.4 is 10.1 Å². The molecule has 3 heteroatoms. The summed E-state index contributed by atoms with van der Waals surface area (Å²) in [6, 6.07) is 8.97. The van der Waals surface area contributed by atoms with Crippen LogP contribution in [0.25, 0.3) is 0 Å². The van der Waals surface area contributed by atoms with Crippen molar-refractivity contribution >= 4 is 0 Å². The molecule has 0 spiro atoms. The number of ether oxygens (including phenoxy) is 2. The fourth-order valence-electron chi connectivity index (χ4n) is 2.65. The van der Waals surface area contributed by atoms with Gasteiger partial charge in [0.15, 0.2) is 0 Å². The number of nitrogens with one attached hydrogen (secondary N) is 1. The molecule has 0 radical (unpaired) electrons. The lowest BCUT2D eigenvalue weighted by atomic mass is 10.1. The molecular formula is C18H29NO2. The highest BCUT2D eigenvalue weighted by molar-refractivity contribution is 5.27. The zero-order chi connectivity index (χ0) is 15.1. The molecule has 1 aliphatic heterocycles. The summed E-state index contributed by atoms with van der Waals surface area (Å²) in [6.45, 7) is 8.13. The van der Waals surface area contributed by atoms with Crippen LogP contribution in [0.4, 0.5) is 0 Å². The highest BCUT2D eigenvalue weighted by Crippen LogP contribution is 2.21. The summed E-state index contributed by atoms with van der Waals surface area (Å²) in [4.78, 5) is 0. The van der Waals surface area contributed by atoms with Crippen LogP contribution in [0.3, 0.4) is 0 Å². The minimum atomic E-state index is 0.235. The maximum absolute atomic E-state index is 6.01. The zero-order valence-electron chi connectivity index (χ0n) is 13.6. The van der Waals surface area contributed by atoms with Crippen molar-refractivity contribution in [2.75, 3.05) is 13.2 Å². The molecule has 0 amide bonds. The first kappa shape index (κ1) is 16.3. The summed E-state index contributed by atoms with van der Waals surface area (Å²) < 4.78 is 11.9. The predicted molar refractivity (Wildman–Crippen MR) is 87.0 cm³/mol. The fourth-order valence-corrected chi connectivity index (χ4v) is 2.65. The van der Waals surface area contributed by atoms with Gasteiger partial charge >= 0.3 is 0 Å². The Morgan fingerprint density at radius 2 is 1.90 bits per heavy atom. The first-order valence-electron chi connectivity index (χ1n) is 8.28. The van der Waals surface area contributed by atoms with E-state index in [-0.39, 0.29) is 6.10 Å². The third-order valence-corrected chi connectivity index (χ3v) is 3.85. The summed E-state index contributed by atoms with van der Waals surface area (Å²) in [6.07, 6.45) is 5.12. The lowest BCUT2D eigenvalue weighted by molar-refractivity contribution is 0.0178. The molecule has 2 atom stereocenters. The second-order valence-corrected chi connectivity index (χ2v) is 6.23. The minimum absolute atomic E-state index is 0.235. The molecule has 3 nitrogen and oxygen atoms in total. The number of rotatable bonds is 8. The van der Waals surface area contributed by atoms with Gasteiger partial charge in [-0.25, -0.2) is 0 Å². The van der Waals surface area contributed by atoms with Gasteiger partial charge in [-0.15, -0.1) is 0 Å². The normalized spacial score (nSPS) is 21.9. The van der Waals surface area contributed by atoms with Gasteiger partial charge < -0.3 is 14.8 Å². The summed E-state index contributed by atoms with van der Waals surface area (Å²) in [5.41, 5.74) is 1.38. The van der Waals surface area contributed by atoms with E-state index in [1.54, 1.807) is 0 Å². The molecule has 0 bridgehead atoms. The second-order valence-electron chi connectivity index (χ2n) is 6.23. The van der Waals surface area contributed by atoms with Crippen molar-refractivity contribution < 1.29 is 9.47 Å². The Morgan fingerprint density at radius 3 is 2.57 bits per heavy atom. The fraction of sp³-hybridized carbons (Fsp3) is 0.667. The molecule has 0 saturated carbocycles. The van der Waals surface area contributed by atoms with Gasteiger partial charge in [-0.1, -0.05) is 39.3 Å². The molecule has 0 aromatic heterocycles. The lowest BCUT2D eigenvalue weighted by Crippen LogP contribution is -2.32. The molecule has 2 rings (SSSR count). The van der Waals surface area contributed by atoms with Crippen LogP contribution in [0.1, 0.15) is 45.6 Å². The Hall–Kier alpha value is -1.06. The largest absolute Gasteiger partial charge is 0.491 e. The molecule has 1 N–H and O–H groups in total. The predicted octanol–water partition coefficient (Wildman–Crippen LogP) is 3.56. The lowest BCUT2D eigenvalue weighted by Gasteiger charge is -2.16. The number of benzene rings is 1. The van der Waals surface area contributed by atoms with Gasteiger partial charge in [-0.3, -0.25) is 0 Å². The maximum atomic E-state index is 6.01. The van der Waals surface area contributed by atoms with Crippen molar-refractivity contribution in [3.63, 3.8) is 0 Å². The van der Waals surface area contributed by atoms with E-state index >= 15 is 0 Å². The van der Waals surface area contributed by atoms with Crippen molar-refractivity contribution in [1.29, 1.82) is 0 Å². The topological polar surface area (TPSA) is 30.5 Å². The van der Waals surface area contributed by atoms with Gasteiger partial charge in [0, 0.05) is 12.6 Å². The third-order valence-electron chi connectivity index (χ3n) is 3.85. The Balaban J connectivity index is 1.69. The SMILES string of the molecule is CCCc1ccc(OCC2CCC(CNC(C)C)O2)cc1. The number of aryl methyl sites for hydroxylation is 1. The van der Waals surface area contributed by atoms with Crippen molar-refractivity contribution in [2.45, 2.75) is 64.7 Å². The quantitative estimate of drug-likeness (QED) is 0.794. The van der Waals surface area contributed by atoms with E-state index in [2.05, 4.69) is 50.4 Å². The second kappa shape index (κ2) is 8.40. The van der Waals surface area contributed by atoms with Crippen LogP contribution in [0.2, 0.25) is 0 Å². The van der Waals surface area contributed by atoms with Gasteiger partial charge in [-0.05, 0) is 37.0 Å². The van der Waals surface area contributed by atoms with E-state index in [1.807, 2.05) is 0 Å². The molecule has 1 saturated heterocycles. The first-order valence-corrected chi connectivity index (χ1v) is 8.28. The van der Waals surface area contributed by atoms with E-state index in [1.165, 1.54) is 12.0 Å². The molecule has 1 aliphatic rings. The van der Waals surface area contributed by atoms with E-state index in [0.717, 1.165) is 31.6 Å². The highest BCUT2D eigenvalue weighted by atomic mass is 16.5. The molecule has 2 unspecified atom stereocenters. The van der Waals surface area contributed by atoms with E-state index in [9.17, 15) is 0 Å². The highest BCUT2D eigenvalue weighted by Gasteiger charge is 2.25. The van der Waals surface area contributed by atoms with Crippen molar-refractivity contribution in [1.82, 2.24) is 5.32 Å². The Labute approximate surface area is 129 Å². The first-order chi connectivity index (χ1) is 10.2. The van der Waals surface area contributed by atoms with Gasteiger partial charge in [-0.2, -0.15) is 0 Å². The Kier molecular flexibility index (Phi) is 6.52. The molecule has 21 heavy (non-hydrogen) atoms. The van der Waals surface area contributed by atoms with Gasteiger partial charge in [0.2, 0.25) is 0 Å². The molecule has 1 heterocycles. The van der Waals surface area contributed by atoms with Crippen LogP contribution >= 0.6 is 0 Å². The van der Waals surface area contributed by atoms with Crippen LogP contribution in [0, 0.1) is 0 Å². The van der Waals surface area contributed by atoms with Crippen LogP contribution in [0.5, 0.6) is 5.75 Å². The Morgan fingerprint density at radius 1 is 1.19 bits per heavy atom. The van der Waals surface area contributed by atoms with E-state index < -0.39 is 0 Å². The molecular weight excluding hydrogens is 262 g/mol. The summed E-state index contributed by atoms with van der Waals surface area (Å²) in [5.74, 6) is 0.946. The minimum Gasteiger partial charge on any atom is -0.491 e. The average molecular weight is 291 g/mol. The monoisotopic (exact) mass is 291 g/mol. The van der Waals surface area contributed by atoms with Gasteiger partial charge in [0.05, 0.1) is 12.2 Å². The summed E-state index contributed by atoms with van der Waals surface area (Å²) in [7, 11) is 0. The maximum Gasteiger partial charge on any atom is 0.119 e. The molecule has 118 valence electrons. The standard InChI is InChI=1S/C18H29NO2/c1-4-5-15-6-8-16(9-7-15)20-13-18-11-10-17(21-18)12-19-14(2)3/h6-9,14,17-19H,4-5,10-13H2,1-3H3. The summed E-state index contributed by atoms with van der Waals surface area (Å²) in [5, 5.41) is 3.43. The average Bonchev–Trinajstić information content (AvgIpc) is 2.93. The number of hydrogen-bond donors (Lipinski definition) is 1. The smallest absolute Gasteiger partial charge is 0.119 e. The molecule has 1 fully saturated rings. The van der Waals surface area contributed by atoms with Gasteiger partial charge in [0.25, 0.3) is 0 Å². The van der Waals surface area contributed by atoms with Crippen molar-refractivity contribution in [3.05, 3.63) is 29.8 Å². The van der Waals surface area contributed by atoms with Crippen LogP contribution in [-0.2, 0) is 11.2 Å². The van der Waals surface area contributed by atoms with Crippen LogP contribution in [-0.4, -0.2) is 31.4 Å². The number of hydrogen-bond acceptors (Lipinski definition) is 3. The van der Waals surface area contributed by atoms with Gasteiger partial charge in [0.1, 0.15) is 12.4 Å². The van der Waals surface area contributed by atoms with Crippen molar-refractivity contribution in [2.24, 2.45) is 0 Å². The van der Waals surface area contributed by atoms with E-state index in [4.69, 9.17) is 9.47 Å².